The summed E-state index contributed by atoms with van der Waals surface area (Å²) in [5.41, 5.74) is 1.80. The molecular formula is C19H23N3O3. The summed E-state index contributed by atoms with van der Waals surface area (Å²) in [6.07, 6.45) is 3.31. The quantitative estimate of drug-likeness (QED) is 0.646. The van der Waals surface area contributed by atoms with Gasteiger partial charge in [-0.1, -0.05) is 25.5 Å². The Hall–Kier alpha value is -2.63. The first-order chi connectivity index (χ1) is 12.0. The SMILES string of the molecule is CCCN(CCC)C(=O)Cn1ncc2c(=O)oc3ccc(C)cc3c21. The van der Waals surface area contributed by atoms with E-state index >= 15 is 0 Å². The second kappa shape index (κ2) is 7.09. The van der Waals surface area contributed by atoms with E-state index in [0.29, 0.717) is 16.5 Å². The standard InChI is InChI=1S/C19H23N3O3/c1-4-8-21(9-5-2)17(23)12-22-18-14-10-13(3)6-7-16(14)25-19(24)15(18)11-20-22/h6-7,10-11H,4-5,8-9,12H2,1-3H3. The molecule has 0 aliphatic rings. The Bertz CT molecular complexity index is 965. The first-order valence-electron chi connectivity index (χ1n) is 8.72. The summed E-state index contributed by atoms with van der Waals surface area (Å²) in [5.74, 6) is 0.0164. The van der Waals surface area contributed by atoms with Crippen LogP contribution in [0.5, 0.6) is 0 Å². The Morgan fingerprint density at radius 2 is 1.92 bits per heavy atom. The minimum Gasteiger partial charge on any atom is -0.422 e. The van der Waals surface area contributed by atoms with Crippen molar-refractivity contribution in [1.82, 2.24) is 14.7 Å². The molecule has 0 fully saturated rings. The lowest BCUT2D eigenvalue weighted by molar-refractivity contribution is -0.132. The van der Waals surface area contributed by atoms with Gasteiger partial charge in [0.25, 0.3) is 0 Å². The van der Waals surface area contributed by atoms with Crippen molar-refractivity contribution in [3.8, 4) is 0 Å². The molecule has 6 heteroatoms. The first-order valence-corrected chi connectivity index (χ1v) is 8.72. The van der Waals surface area contributed by atoms with Crippen LogP contribution in [0.25, 0.3) is 21.9 Å². The molecule has 0 aliphatic carbocycles. The summed E-state index contributed by atoms with van der Waals surface area (Å²) in [4.78, 5) is 26.7. The fourth-order valence-electron chi connectivity index (χ4n) is 3.14. The fraction of sp³-hybridized carbons (Fsp3) is 0.421. The molecule has 0 unspecified atom stereocenters. The number of aryl methyl sites for hydroxylation is 1. The molecule has 0 saturated carbocycles. The van der Waals surface area contributed by atoms with Crippen molar-refractivity contribution in [1.29, 1.82) is 0 Å². The number of carbonyl (C=O) groups excluding carboxylic acids is 1. The summed E-state index contributed by atoms with van der Waals surface area (Å²) in [5, 5.41) is 5.50. The van der Waals surface area contributed by atoms with Gasteiger partial charge < -0.3 is 9.32 Å². The highest BCUT2D eigenvalue weighted by Crippen LogP contribution is 2.23. The highest BCUT2D eigenvalue weighted by molar-refractivity contribution is 6.02. The molecule has 0 radical (unpaired) electrons. The molecule has 2 aromatic heterocycles. The molecule has 1 amide bonds. The highest BCUT2D eigenvalue weighted by atomic mass is 16.4. The Balaban J connectivity index is 2.08. The summed E-state index contributed by atoms with van der Waals surface area (Å²) < 4.78 is 6.99. The van der Waals surface area contributed by atoms with Gasteiger partial charge in [0.15, 0.2) is 0 Å². The number of nitrogens with zero attached hydrogens (tertiary/aromatic N) is 3. The van der Waals surface area contributed by atoms with E-state index in [1.165, 1.54) is 6.20 Å². The predicted molar refractivity (Wildman–Crippen MR) is 97.7 cm³/mol. The van der Waals surface area contributed by atoms with Crippen LogP contribution in [0.2, 0.25) is 0 Å². The van der Waals surface area contributed by atoms with Crippen LogP contribution in [0, 0.1) is 6.92 Å². The zero-order chi connectivity index (χ0) is 18.0. The van der Waals surface area contributed by atoms with E-state index in [4.69, 9.17) is 4.42 Å². The van der Waals surface area contributed by atoms with Crippen molar-refractivity contribution in [2.45, 2.75) is 40.2 Å². The zero-order valence-electron chi connectivity index (χ0n) is 14.9. The maximum atomic E-state index is 12.7. The van der Waals surface area contributed by atoms with Crippen molar-refractivity contribution in [3.05, 3.63) is 40.4 Å². The third-order valence-electron chi connectivity index (χ3n) is 4.28. The third kappa shape index (κ3) is 3.29. The van der Waals surface area contributed by atoms with Gasteiger partial charge in [0.1, 0.15) is 17.5 Å². The number of benzene rings is 1. The van der Waals surface area contributed by atoms with Gasteiger partial charge in [0.2, 0.25) is 5.91 Å². The first kappa shape index (κ1) is 17.2. The second-order valence-electron chi connectivity index (χ2n) is 6.33. The topological polar surface area (TPSA) is 68.3 Å². The van der Waals surface area contributed by atoms with Gasteiger partial charge in [-0.2, -0.15) is 5.10 Å². The van der Waals surface area contributed by atoms with Gasteiger partial charge in [0.05, 0.1) is 11.7 Å². The molecule has 0 saturated heterocycles. The van der Waals surface area contributed by atoms with E-state index in [2.05, 4.69) is 18.9 Å². The number of carbonyl (C=O) groups is 1. The molecule has 6 nitrogen and oxygen atoms in total. The van der Waals surface area contributed by atoms with Crippen molar-refractivity contribution in [2.24, 2.45) is 0 Å². The molecule has 2 heterocycles. The zero-order valence-corrected chi connectivity index (χ0v) is 14.9. The second-order valence-corrected chi connectivity index (χ2v) is 6.33. The number of hydrogen-bond acceptors (Lipinski definition) is 4. The van der Waals surface area contributed by atoms with Crippen LogP contribution >= 0.6 is 0 Å². The Labute approximate surface area is 146 Å². The van der Waals surface area contributed by atoms with E-state index in [1.807, 2.05) is 24.0 Å². The number of amides is 1. The van der Waals surface area contributed by atoms with E-state index in [9.17, 15) is 9.59 Å². The van der Waals surface area contributed by atoms with Gasteiger partial charge in [-0.25, -0.2) is 4.79 Å². The Kier molecular flexibility index (Phi) is 4.88. The Morgan fingerprint density at radius 3 is 2.60 bits per heavy atom. The molecule has 0 bridgehead atoms. The lowest BCUT2D eigenvalue weighted by Gasteiger charge is -2.21. The molecule has 132 valence electrons. The average molecular weight is 341 g/mol. The van der Waals surface area contributed by atoms with E-state index in [-0.39, 0.29) is 12.5 Å². The lowest BCUT2D eigenvalue weighted by atomic mass is 10.1. The molecule has 0 aliphatic heterocycles. The number of fused-ring (bicyclic) bond motifs is 3. The largest absolute Gasteiger partial charge is 0.422 e. The summed E-state index contributed by atoms with van der Waals surface area (Å²) in [7, 11) is 0. The smallest absolute Gasteiger partial charge is 0.347 e. The maximum absolute atomic E-state index is 12.7. The van der Waals surface area contributed by atoms with Crippen LogP contribution in [-0.4, -0.2) is 33.7 Å². The number of rotatable bonds is 6. The monoisotopic (exact) mass is 341 g/mol. The maximum Gasteiger partial charge on any atom is 0.347 e. The minimum atomic E-state index is -0.427. The van der Waals surface area contributed by atoms with Crippen molar-refractivity contribution < 1.29 is 9.21 Å². The Morgan fingerprint density at radius 1 is 1.20 bits per heavy atom. The summed E-state index contributed by atoms with van der Waals surface area (Å²) >= 11 is 0. The van der Waals surface area contributed by atoms with Crippen molar-refractivity contribution in [3.63, 3.8) is 0 Å². The van der Waals surface area contributed by atoms with Crippen molar-refractivity contribution in [2.75, 3.05) is 13.1 Å². The molecular weight excluding hydrogens is 318 g/mol. The van der Waals surface area contributed by atoms with Gasteiger partial charge in [-0.15, -0.1) is 0 Å². The number of hydrogen-bond donors (Lipinski definition) is 0. The predicted octanol–water partition coefficient (Wildman–Crippen LogP) is 3.10. The fourth-order valence-corrected chi connectivity index (χ4v) is 3.14. The molecule has 25 heavy (non-hydrogen) atoms. The third-order valence-corrected chi connectivity index (χ3v) is 4.28. The average Bonchev–Trinajstić information content (AvgIpc) is 3.00. The number of aromatic nitrogens is 2. The molecule has 0 atom stereocenters. The van der Waals surface area contributed by atoms with Gasteiger partial charge in [0, 0.05) is 18.5 Å². The van der Waals surface area contributed by atoms with Crippen LogP contribution in [-0.2, 0) is 11.3 Å². The van der Waals surface area contributed by atoms with Crippen LogP contribution in [0.15, 0.2) is 33.6 Å². The van der Waals surface area contributed by atoms with E-state index in [1.54, 1.807) is 10.7 Å². The van der Waals surface area contributed by atoms with Crippen LogP contribution in [0.1, 0.15) is 32.3 Å². The minimum absolute atomic E-state index is 0.0164. The van der Waals surface area contributed by atoms with E-state index < -0.39 is 5.63 Å². The van der Waals surface area contributed by atoms with Gasteiger partial charge in [-0.3, -0.25) is 9.48 Å². The summed E-state index contributed by atoms with van der Waals surface area (Å²) in [6, 6.07) is 5.64. The molecule has 1 aromatic carbocycles. The van der Waals surface area contributed by atoms with Gasteiger partial charge in [-0.05, 0) is 31.9 Å². The van der Waals surface area contributed by atoms with E-state index in [0.717, 1.165) is 36.9 Å². The van der Waals surface area contributed by atoms with Crippen molar-refractivity contribution >= 4 is 27.8 Å². The van der Waals surface area contributed by atoms with Crippen LogP contribution < -0.4 is 5.63 Å². The highest BCUT2D eigenvalue weighted by Gasteiger charge is 2.18. The lowest BCUT2D eigenvalue weighted by Crippen LogP contribution is -2.35. The molecule has 3 aromatic rings. The van der Waals surface area contributed by atoms with Crippen LogP contribution in [0.4, 0.5) is 0 Å². The summed E-state index contributed by atoms with van der Waals surface area (Å²) in [6.45, 7) is 7.67. The van der Waals surface area contributed by atoms with Gasteiger partial charge >= 0.3 is 5.63 Å². The normalized spacial score (nSPS) is 11.3. The molecule has 0 spiro atoms. The molecule has 3 rings (SSSR count). The molecule has 0 N–H and O–H groups in total. The van der Waals surface area contributed by atoms with Crippen LogP contribution in [0.3, 0.4) is 0 Å².